The van der Waals surface area contributed by atoms with E-state index >= 15 is 0 Å². The van der Waals surface area contributed by atoms with Crippen LogP contribution in [0, 0.1) is 0 Å². The van der Waals surface area contributed by atoms with Crippen molar-refractivity contribution in [2.24, 2.45) is 0 Å². The lowest BCUT2D eigenvalue weighted by molar-refractivity contribution is 0.0697. The smallest absolute Gasteiger partial charge is 0.337 e. The molecule has 0 unspecified atom stereocenters. The number of aliphatic hydroxyl groups excluding tert-OH is 1. The highest BCUT2D eigenvalue weighted by Crippen LogP contribution is 2.23. The zero-order valence-corrected chi connectivity index (χ0v) is 13.0. The summed E-state index contributed by atoms with van der Waals surface area (Å²) in [5, 5.41) is 20.9. The lowest BCUT2D eigenvalue weighted by Gasteiger charge is -2.23. The first-order chi connectivity index (χ1) is 9.57. The van der Waals surface area contributed by atoms with Crippen molar-refractivity contribution in [2.75, 3.05) is 18.5 Å². The molecule has 0 saturated carbocycles. The molecule has 7 nitrogen and oxygen atoms in total. The molecule has 0 radical (unpaired) electrons. The van der Waals surface area contributed by atoms with Gasteiger partial charge < -0.3 is 15.5 Å². The number of carbonyl (C=O) groups is 1. The number of carboxylic acids is 1. The summed E-state index contributed by atoms with van der Waals surface area (Å²) in [6, 6.07) is 3.83. The lowest BCUT2D eigenvalue weighted by atomic mass is 10.1. The number of anilines is 1. The van der Waals surface area contributed by atoms with Crippen molar-refractivity contribution < 1.29 is 23.4 Å². The van der Waals surface area contributed by atoms with Gasteiger partial charge in [0.2, 0.25) is 10.0 Å². The van der Waals surface area contributed by atoms with Gasteiger partial charge in [0.25, 0.3) is 0 Å². The van der Waals surface area contributed by atoms with Crippen LogP contribution in [0.4, 0.5) is 5.69 Å². The number of rotatable bonds is 6. The van der Waals surface area contributed by atoms with Crippen molar-refractivity contribution in [1.82, 2.24) is 4.72 Å². The maximum absolute atomic E-state index is 11.9. The van der Waals surface area contributed by atoms with E-state index in [1.807, 2.05) is 20.8 Å². The molecule has 1 rings (SSSR count). The molecule has 0 aliphatic heterocycles. The predicted octanol–water partition coefficient (Wildman–Crippen LogP) is 0.866. The minimum atomic E-state index is -3.84. The molecular formula is C13H20N2O5S. The molecule has 0 aromatic heterocycles. The topological polar surface area (TPSA) is 116 Å². The number of aliphatic hydroxyl groups is 1. The molecule has 0 aliphatic rings. The van der Waals surface area contributed by atoms with Crippen LogP contribution in [0.15, 0.2) is 23.1 Å². The third-order valence-corrected chi connectivity index (χ3v) is 3.90. The Morgan fingerprint density at radius 2 is 1.90 bits per heavy atom. The number of benzene rings is 1. The Morgan fingerprint density at radius 3 is 2.38 bits per heavy atom. The molecule has 4 N–H and O–H groups in total. The van der Waals surface area contributed by atoms with E-state index in [0.29, 0.717) is 5.69 Å². The largest absolute Gasteiger partial charge is 0.478 e. The van der Waals surface area contributed by atoms with Gasteiger partial charge in [-0.3, -0.25) is 0 Å². The Morgan fingerprint density at radius 1 is 1.29 bits per heavy atom. The number of carboxylic acid groups (broad SMARTS) is 1. The Kier molecular flexibility index (Phi) is 5.32. The maximum Gasteiger partial charge on any atom is 0.337 e. The summed E-state index contributed by atoms with van der Waals surface area (Å²) in [6.07, 6.45) is 0. The van der Waals surface area contributed by atoms with Gasteiger partial charge in [-0.05, 0) is 39.0 Å². The van der Waals surface area contributed by atoms with Gasteiger partial charge in [-0.1, -0.05) is 0 Å². The molecule has 8 heteroatoms. The zero-order chi connectivity index (χ0) is 16.3. The molecular weight excluding hydrogens is 296 g/mol. The standard InChI is InChI=1S/C13H20N2O5S/c1-13(2,3)15-11-5-4-9(8-10(11)12(17)18)21(19,20)14-6-7-16/h4-5,8,14-16H,6-7H2,1-3H3,(H,17,18). The third-order valence-electron chi connectivity index (χ3n) is 2.45. The molecule has 1 aromatic rings. The minimum absolute atomic E-state index is 0.128. The van der Waals surface area contributed by atoms with Crippen LogP contribution in [-0.2, 0) is 10.0 Å². The molecule has 0 amide bonds. The van der Waals surface area contributed by atoms with Gasteiger partial charge in [0.1, 0.15) is 0 Å². The average molecular weight is 316 g/mol. The van der Waals surface area contributed by atoms with E-state index < -0.39 is 16.0 Å². The first kappa shape index (κ1) is 17.4. The Labute approximate surface area is 124 Å². The second-order valence-electron chi connectivity index (χ2n) is 5.51. The van der Waals surface area contributed by atoms with Crippen LogP contribution < -0.4 is 10.0 Å². The molecule has 0 spiro atoms. The van der Waals surface area contributed by atoms with E-state index in [1.165, 1.54) is 12.1 Å². The summed E-state index contributed by atoms with van der Waals surface area (Å²) in [6.45, 7) is 5.13. The molecule has 0 fully saturated rings. The average Bonchev–Trinajstić information content (AvgIpc) is 2.34. The van der Waals surface area contributed by atoms with Crippen molar-refractivity contribution in [3.8, 4) is 0 Å². The van der Waals surface area contributed by atoms with Gasteiger partial charge in [0.15, 0.2) is 0 Å². The number of hydrogen-bond acceptors (Lipinski definition) is 5. The lowest BCUT2D eigenvalue weighted by Crippen LogP contribution is -2.28. The van der Waals surface area contributed by atoms with Crippen LogP contribution in [0.3, 0.4) is 0 Å². The second kappa shape index (κ2) is 6.42. The Balaban J connectivity index is 3.24. The van der Waals surface area contributed by atoms with Crippen LogP contribution in [0.1, 0.15) is 31.1 Å². The van der Waals surface area contributed by atoms with Gasteiger partial charge in [-0.25, -0.2) is 17.9 Å². The zero-order valence-electron chi connectivity index (χ0n) is 12.2. The SMILES string of the molecule is CC(C)(C)Nc1ccc(S(=O)(=O)NCCO)cc1C(=O)O. The van der Waals surface area contributed by atoms with E-state index in [1.54, 1.807) is 0 Å². The van der Waals surface area contributed by atoms with Crippen LogP contribution in [-0.4, -0.2) is 43.3 Å². The number of nitrogens with one attached hydrogen (secondary N) is 2. The molecule has 1 aromatic carbocycles. The number of hydrogen-bond donors (Lipinski definition) is 4. The maximum atomic E-state index is 11.9. The Bertz CT molecular complexity index is 620. The summed E-state index contributed by atoms with van der Waals surface area (Å²) in [5.41, 5.74) is -0.146. The van der Waals surface area contributed by atoms with Crippen LogP contribution in [0.2, 0.25) is 0 Å². The normalized spacial score (nSPS) is 12.2. The summed E-state index contributed by atoms with van der Waals surface area (Å²) in [5.74, 6) is -1.22. The third kappa shape index (κ3) is 5.00. The number of aromatic carboxylic acids is 1. The van der Waals surface area contributed by atoms with Gasteiger partial charge in [0, 0.05) is 17.8 Å². The summed E-state index contributed by atoms with van der Waals surface area (Å²) in [7, 11) is -3.84. The first-order valence-electron chi connectivity index (χ1n) is 6.33. The fraction of sp³-hybridized carbons (Fsp3) is 0.462. The fourth-order valence-corrected chi connectivity index (χ4v) is 2.69. The highest BCUT2D eigenvalue weighted by Gasteiger charge is 2.20. The minimum Gasteiger partial charge on any atom is -0.478 e. The molecule has 21 heavy (non-hydrogen) atoms. The van der Waals surface area contributed by atoms with Gasteiger partial charge in [-0.15, -0.1) is 0 Å². The second-order valence-corrected chi connectivity index (χ2v) is 7.28. The van der Waals surface area contributed by atoms with E-state index in [0.717, 1.165) is 6.07 Å². The molecule has 0 saturated heterocycles. The molecule has 118 valence electrons. The van der Waals surface area contributed by atoms with Gasteiger partial charge >= 0.3 is 5.97 Å². The highest BCUT2D eigenvalue weighted by atomic mass is 32.2. The van der Waals surface area contributed by atoms with Gasteiger partial charge in [-0.2, -0.15) is 0 Å². The quantitative estimate of drug-likeness (QED) is 0.619. The monoisotopic (exact) mass is 316 g/mol. The van der Waals surface area contributed by atoms with Crippen LogP contribution >= 0.6 is 0 Å². The summed E-state index contributed by atoms with van der Waals surface area (Å²) >= 11 is 0. The molecule has 0 aliphatic carbocycles. The predicted molar refractivity (Wildman–Crippen MR) is 79.1 cm³/mol. The van der Waals surface area contributed by atoms with E-state index in [-0.39, 0.29) is 29.1 Å². The summed E-state index contributed by atoms with van der Waals surface area (Å²) < 4.78 is 26.0. The number of sulfonamides is 1. The van der Waals surface area contributed by atoms with Crippen LogP contribution in [0.5, 0.6) is 0 Å². The van der Waals surface area contributed by atoms with Crippen molar-refractivity contribution in [1.29, 1.82) is 0 Å². The van der Waals surface area contributed by atoms with E-state index in [2.05, 4.69) is 10.0 Å². The molecule has 0 bridgehead atoms. The van der Waals surface area contributed by atoms with E-state index in [4.69, 9.17) is 5.11 Å². The van der Waals surface area contributed by atoms with Crippen molar-refractivity contribution in [2.45, 2.75) is 31.2 Å². The molecule has 0 heterocycles. The van der Waals surface area contributed by atoms with Gasteiger partial charge in [0.05, 0.1) is 17.1 Å². The fourth-order valence-electron chi connectivity index (χ4n) is 1.64. The first-order valence-corrected chi connectivity index (χ1v) is 7.81. The van der Waals surface area contributed by atoms with Crippen LogP contribution in [0.25, 0.3) is 0 Å². The van der Waals surface area contributed by atoms with Crippen molar-refractivity contribution in [3.05, 3.63) is 23.8 Å². The van der Waals surface area contributed by atoms with E-state index in [9.17, 15) is 18.3 Å². The summed E-state index contributed by atoms with van der Waals surface area (Å²) in [4.78, 5) is 11.1. The molecule has 0 atom stereocenters. The Hall–Kier alpha value is -1.64. The van der Waals surface area contributed by atoms with Crippen molar-refractivity contribution in [3.63, 3.8) is 0 Å². The highest BCUT2D eigenvalue weighted by molar-refractivity contribution is 7.89. The van der Waals surface area contributed by atoms with Crippen molar-refractivity contribution >= 4 is 21.7 Å².